The minimum atomic E-state index is 0.00756. The Kier molecular flexibility index (Phi) is 16.4. The quantitative estimate of drug-likeness (QED) is 0.235. The summed E-state index contributed by atoms with van der Waals surface area (Å²) in [5.41, 5.74) is 0. The zero-order valence-corrected chi connectivity index (χ0v) is 15.5. The first-order chi connectivity index (χ1) is 10.7. The van der Waals surface area contributed by atoms with Gasteiger partial charge >= 0.3 is 5.97 Å². The Hall–Kier alpha value is -0.530. The van der Waals surface area contributed by atoms with Crippen molar-refractivity contribution in [1.29, 1.82) is 0 Å². The molecule has 0 heterocycles. The first kappa shape index (κ1) is 21.5. The molecule has 0 aliphatic heterocycles. The minimum absolute atomic E-state index is 0.00756. The fourth-order valence-electron chi connectivity index (χ4n) is 2.67. The second-order valence-electron chi connectivity index (χ2n) is 7.04. The van der Waals surface area contributed by atoms with Crippen LogP contribution in [0.25, 0.3) is 0 Å². The van der Waals surface area contributed by atoms with Gasteiger partial charge in [-0.15, -0.1) is 0 Å². The van der Waals surface area contributed by atoms with Crippen LogP contribution in [0.15, 0.2) is 0 Å². The van der Waals surface area contributed by atoms with Gasteiger partial charge in [0, 0.05) is 6.42 Å². The van der Waals surface area contributed by atoms with Crippen molar-refractivity contribution < 1.29 is 9.53 Å². The lowest BCUT2D eigenvalue weighted by atomic mass is 10.0. The molecule has 0 N–H and O–H groups in total. The van der Waals surface area contributed by atoms with Crippen molar-refractivity contribution in [2.75, 3.05) is 6.61 Å². The van der Waals surface area contributed by atoms with Crippen LogP contribution in [0.2, 0.25) is 0 Å². The second-order valence-corrected chi connectivity index (χ2v) is 7.04. The second kappa shape index (κ2) is 16.8. The van der Waals surface area contributed by atoms with E-state index in [1.54, 1.807) is 0 Å². The van der Waals surface area contributed by atoms with Gasteiger partial charge < -0.3 is 4.74 Å². The van der Waals surface area contributed by atoms with Crippen LogP contribution in [-0.4, -0.2) is 12.6 Å². The van der Waals surface area contributed by atoms with E-state index in [1.807, 2.05) is 0 Å². The monoisotopic (exact) mass is 312 g/mol. The van der Waals surface area contributed by atoms with Gasteiger partial charge in [0.25, 0.3) is 0 Å². The van der Waals surface area contributed by atoms with E-state index in [4.69, 9.17) is 4.74 Å². The number of rotatable bonds is 16. The van der Waals surface area contributed by atoms with Gasteiger partial charge in [-0.3, -0.25) is 4.79 Å². The highest BCUT2D eigenvalue weighted by Crippen LogP contribution is 2.11. The summed E-state index contributed by atoms with van der Waals surface area (Å²) < 4.78 is 5.29. The van der Waals surface area contributed by atoms with Gasteiger partial charge in [-0.2, -0.15) is 0 Å². The summed E-state index contributed by atoms with van der Waals surface area (Å²) in [6.07, 6.45) is 16.9. The molecule has 0 rings (SSSR count). The number of carbonyl (C=O) groups excluding carboxylic acids is 1. The van der Waals surface area contributed by atoms with Crippen LogP contribution < -0.4 is 0 Å². The lowest BCUT2D eigenvalue weighted by Gasteiger charge is -2.06. The molecule has 0 amide bonds. The Morgan fingerprint density at radius 1 is 0.773 bits per heavy atom. The van der Waals surface area contributed by atoms with Crippen molar-refractivity contribution in [2.24, 2.45) is 5.92 Å². The van der Waals surface area contributed by atoms with Crippen molar-refractivity contribution in [3.8, 4) is 0 Å². The predicted octanol–water partition coefficient (Wildman–Crippen LogP) is 6.67. The highest BCUT2D eigenvalue weighted by molar-refractivity contribution is 5.69. The molecule has 0 unspecified atom stereocenters. The number of ether oxygens (including phenoxy) is 1. The van der Waals surface area contributed by atoms with Gasteiger partial charge in [-0.05, 0) is 18.8 Å². The maximum atomic E-state index is 11.6. The standard InChI is InChI=1S/C20H40O2/c1-4-5-6-7-8-9-10-14-17-20(21)22-18-15-12-11-13-16-19(2)3/h19H,4-18H2,1-3H3. The fourth-order valence-corrected chi connectivity index (χ4v) is 2.67. The molecule has 132 valence electrons. The van der Waals surface area contributed by atoms with Gasteiger partial charge in [-0.25, -0.2) is 0 Å². The van der Waals surface area contributed by atoms with Crippen LogP contribution in [0.5, 0.6) is 0 Å². The molecule has 0 saturated heterocycles. The third-order valence-corrected chi connectivity index (χ3v) is 4.17. The molecule has 0 aromatic carbocycles. The third-order valence-electron chi connectivity index (χ3n) is 4.17. The average molecular weight is 313 g/mol. The van der Waals surface area contributed by atoms with Crippen molar-refractivity contribution in [1.82, 2.24) is 0 Å². The van der Waals surface area contributed by atoms with E-state index in [0.29, 0.717) is 13.0 Å². The first-order valence-corrected chi connectivity index (χ1v) is 9.82. The predicted molar refractivity (Wildman–Crippen MR) is 96.1 cm³/mol. The van der Waals surface area contributed by atoms with Crippen molar-refractivity contribution >= 4 is 5.97 Å². The summed E-state index contributed by atoms with van der Waals surface area (Å²) in [5, 5.41) is 0. The van der Waals surface area contributed by atoms with Crippen molar-refractivity contribution in [3.05, 3.63) is 0 Å². The molecule has 0 spiro atoms. The van der Waals surface area contributed by atoms with Crippen LogP contribution in [0.1, 0.15) is 111 Å². The third kappa shape index (κ3) is 17.5. The Balaban J connectivity index is 3.16. The minimum Gasteiger partial charge on any atom is -0.466 e. The lowest BCUT2D eigenvalue weighted by molar-refractivity contribution is -0.143. The van der Waals surface area contributed by atoms with Crippen LogP contribution in [-0.2, 0) is 9.53 Å². The smallest absolute Gasteiger partial charge is 0.305 e. The largest absolute Gasteiger partial charge is 0.466 e. The van der Waals surface area contributed by atoms with Gasteiger partial charge in [0.05, 0.1) is 6.61 Å². The average Bonchev–Trinajstić information content (AvgIpc) is 2.48. The zero-order chi connectivity index (χ0) is 16.5. The number of esters is 1. The summed E-state index contributed by atoms with van der Waals surface area (Å²) >= 11 is 0. The van der Waals surface area contributed by atoms with E-state index < -0.39 is 0 Å². The normalized spacial score (nSPS) is 11.1. The summed E-state index contributed by atoms with van der Waals surface area (Å²) in [4.78, 5) is 11.6. The van der Waals surface area contributed by atoms with E-state index >= 15 is 0 Å². The molecule has 0 aliphatic carbocycles. The van der Waals surface area contributed by atoms with E-state index in [1.165, 1.54) is 70.6 Å². The molecule has 22 heavy (non-hydrogen) atoms. The van der Waals surface area contributed by atoms with E-state index in [2.05, 4.69) is 20.8 Å². The summed E-state index contributed by atoms with van der Waals surface area (Å²) in [6, 6.07) is 0. The van der Waals surface area contributed by atoms with Crippen molar-refractivity contribution in [2.45, 2.75) is 111 Å². The number of hydrogen-bond acceptors (Lipinski definition) is 2. The molecule has 0 aromatic rings. The summed E-state index contributed by atoms with van der Waals surface area (Å²) in [5.74, 6) is 0.817. The molecule has 0 fully saturated rings. The summed E-state index contributed by atoms with van der Waals surface area (Å²) in [7, 11) is 0. The molecular formula is C20H40O2. The maximum absolute atomic E-state index is 11.6. The van der Waals surface area contributed by atoms with Crippen LogP contribution >= 0.6 is 0 Å². The summed E-state index contributed by atoms with van der Waals surface area (Å²) in [6.45, 7) is 7.41. The van der Waals surface area contributed by atoms with Gasteiger partial charge in [0.15, 0.2) is 0 Å². The molecule has 0 saturated carbocycles. The van der Waals surface area contributed by atoms with Gasteiger partial charge in [-0.1, -0.05) is 91.4 Å². The maximum Gasteiger partial charge on any atom is 0.305 e. The number of hydrogen-bond donors (Lipinski definition) is 0. The number of carbonyl (C=O) groups is 1. The lowest BCUT2D eigenvalue weighted by Crippen LogP contribution is -2.05. The Labute approximate surface area is 139 Å². The highest BCUT2D eigenvalue weighted by atomic mass is 16.5. The molecule has 0 aromatic heterocycles. The van der Waals surface area contributed by atoms with Gasteiger partial charge in [0.1, 0.15) is 0 Å². The van der Waals surface area contributed by atoms with Crippen LogP contribution in [0.4, 0.5) is 0 Å². The Morgan fingerprint density at radius 3 is 1.95 bits per heavy atom. The zero-order valence-electron chi connectivity index (χ0n) is 15.5. The molecular weight excluding hydrogens is 272 g/mol. The SMILES string of the molecule is CCCCCCCCCCC(=O)OCCCCCCC(C)C. The number of unbranched alkanes of at least 4 members (excludes halogenated alkanes) is 10. The van der Waals surface area contributed by atoms with Crippen LogP contribution in [0, 0.1) is 5.92 Å². The fraction of sp³-hybridized carbons (Fsp3) is 0.950. The van der Waals surface area contributed by atoms with E-state index in [9.17, 15) is 4.79 Å². The Morgan fingerprint density at radius 2 is 1.32 bits per heavy atom. The molecule has 0 atom stereocenters. The topological polar surface area (TPSA) is 26.3 Å². The molecule has 0 aliphatic rings. The van der Waals surface area contributed by atoms with Gasteiger partial charge in [0.2, 0.25) is 0 Å². The first-order valence-electron chi connectivity index (χ1n) is 9.82. The molecule has 0 radical (unpaired) electrons. The molecule has 0 bridgehead atoms. The Bertz CT molecular complexity index is 236. The van der Waals surface area contributed by atoms with E-state index in [0.717, 1.165) is 18.8 Å². The van der Waals surface area contributed by atoms with Crippen molar-refractivity contribution in [3.63, 3.8) is 0 Å². The highest BCUT2D eigenvalue weighted by Gasteiger charge is 2.02. The van der Waals surface area contributed by atoms with E-state index in [-0.39, 0.29) is 5.97 Å². The molecule has 2 heteroatoms. The molecule has 2 nitrogen and oxygen atoms in total. The van der Waals surface area contributed by atoms with Crippen LogP contribution in [0.3, 0.4) is 0 Å².